The molecule has 1 saturated heterocycles. The highest BCUT2D eigenvalue weighted by Crippen LogP contribution is 2.37. The van der Waals surface area contributed by atoms with Gasteiger partial charge in [0.2, 0.25) is 0 Å². The molecule has 0 saturated carbocycles. The van der Waals surface area contributed by atoms with Crippen LogP contribution in [0.4, 0.5) is 5.69 Å². The Balaban J connectivity index is 1.47. The summed E-state index contributed by atoms with van der Waals surface area (Å²) >= 11 is 13.7. The molecule has 1 aliphatic heterocycles. The number of furan rings is 2. The second-order valence-corrected chi connectivity index (χ2v) is 8.99. The molecule has 3 heterocycles. The van der Waals surface area contributed by atoms with E-state index in [0.717, 1.165) is 5.69 Å². The van der Waals surface area contributed by atoms with E-state index < -0.39 is 0 Å². The molecule has 33 heavy (non-hydrogen) atoms. The van der Waals surface area contributed by atoms with Gasteiger partial charge in [-0.15, -0.1) is 0 Å². The number of amidine groups is 1. The van der Waals surface area contributed by atoms with Crippen LogP contribution in [0.3, 0.4) is 0 Å². The van der Waals surface area contributed by atoms with Gasteiger partial charge in [-0.25, -0.2) is 4.99 Å². The first kappa shape index (κ1) is 21.6. The third kappa shape index (κ3) is 4.78. The van der Waals surface area contributed by atoms with Crippen molar-refractivity contribution in [1.29, 1.82) is 0 Å². The molecule has 1 aliphatic rings. The Morgan fingerprint density at radius 3 is 2.64 bits per heavy atom. The fourth-order valence-electron chi connectivity index (χ4n) is 3.29. The zero-order chi connectivity index (χ0) is 22.8. The number of thioether (sulfide) groups is 1. The maximum Gasteiger partial charge on any atom is 0.267 e. The third-order valence-electron chi connectivity index (χ3n) is 4.86. The number of para-hydroxylation sites is 1. The van der Waals surface area contributed by atoms with Gasteiger partial charge in [0, 0.05) is 16.7 Å². The molecule has 0 atom stereocenters. The summed E-state index contributed by atoms with van der Waals surface area (Å²) in [6.45, 7) is 0.281. The first-order valence-electron chi connectivity index (χ1n) is 9.99. The highest BCUT2D eigenvalue weighted by atomic mass is 35.5. The number of hydrogen-bond acceptors (Lipinski definition) is 5. The zero-order valence-electron chi connectivity index (χ0n) is 17.1. The minimum atomic E-state index is -0.176. The molecule has 2 aromatic carbocycles. The maximum atomic E-state index is 13.2. The van der Waals surface area contributed by atoms with Crippen LogP contribution in [0.2, 0.25) is 10.0 Å². The number of hydrogen-bond donors (Lipinski definition) is 0. The van der Waals surface area contributed by atoms with Crippen LogP contribution in [-0.2, 0) is 11.3 Å². The predicted octanol–water partition coefficient (Wildman–Crippen LogP) is 7.65. The van der Waals surface area contributed by atoms with Gasteiger partial charge in [0.1, 0.15) is 17.3 Å². The summed E-state index contributed by atoms with van der Waals surface area (Å²) in [6.07, 6.45) is 3.29. The van der Waals surface area contributed by atoms with Crippen molar-refractivity contribution in [2.75, 3.05) is 0 Å². The summed E-state index contributed by atoms with van der Waals surface area (Å²) in [5, 5.41) is 1.65. The van der Waals surface area contributed by atoms with E-state index in [9.17, 15) is 4.79 Å². The van der Waals surface area contributed by atoms with Crippen molar-refractivity contribution in [3.05, 3.63) is 106 Å². The lowest BCUT2D eigenvalue weighted by atomic mass is 10.2. The molecule has 5 rings (SSSR count). The quantitative estimate of drug-likeness (QED) is 0.267. The van der Waals surface area contributed by atoms with Crippen LogP contribution in [0.15, 0.2) is 97.8 Å². The Morgan fingerprint density at radius 1 is 1.00 bits per heavy atom. The van der Waals surface area contributed by atoms with Gasteiger partial charge in [0.05, 0.1) is 28.4 Å². The molecule has 0 radical (unpaired) electrons. The smallest absolute Gasteiger partial charge is 0.267 e. The van der Waals surface area contributed by atoms with E-state index in [1.54, 1.807) is 53.6 Å². The lowest BCUT2D eigenvalue weighted by molar-refractivity contribution is -0.122. The van der Waals surface area contributed by atoms with Gasteiger partial charge in [-0.3, -0.25) is 9.69 Å². The normalized spacial score (nSPS) is 16.3. The standard InChI is InChI=1S/C25H16Cl2N2O3S/c26-16-8-10-21(27)20(13-16)22-11-9-18(32-22)14-23-24(30)29(15-19-7-4-12-31-19)25(33-23)28-17-5-2-1-3-6-17/h1-14H,15H2/b23-14-,28-25?. The Morgan fingerprint density at radius 2 is 1.85 bits per heavy atom. The van der Waals surface area contributed by atoms with E-state index in [4.69, 9.17) is 32.0 Å². The number of carbonyl (C=O) groups is 1. The van der Waals surface area contributed by atoms with Crippen molar-refractivity contribution in [1.82, 2.24) is 4.90 Å². The van der Waals surface area contributed by atoms with E-state index in [1.165, 1.54) is 11.8 Å². The number of rotatable bonds is 5. The molecule has 8 heteroatoms. The lowest BCUT2D eigenvalue weighted by Crippen LogP contribution is -2.28. The Hall–Kier alpha value is -3.19. The van der Waals surface area contributed by atoms with Crippen molar-refractivity contribution in [3.63, 3.8) is 0 Å². The van der Waals surface area contributed by atoms with Crippen molar-refractivity contribution >= 4 is 57.8 Å². The molecule has 1 amide bonds. The SMILES string of the molecule is O=C1/C(=C/c2ccc(-c3cc(Cl)ccc3Cl)o2)SC(=Nc2ccccc2)N1Cc1ccco1. The van der Waals surface area contributed by atoms with E-state index in [-0.39, 0.29) is 12.5 Å². The Bertz CT molecular complexity index is 1360. The topological polar surface area (TPSA) is 59.0 Å². The molecule has 4 aromatic rings. The Labute approximate surface area is 204 Å². The summed E-state index contributed by atoms with van der Waals surface area (Å²) in [5.41, 5.74) is 1.44. The van der Waals surface area contributed by atoms with Crippen LogP contribution >= 0.6 is 35.0 Å². The molecular weight excluding hydrogens is 479 g/mol. The minimum Gasteiger partial charge on any atom is -0.467 e. The van der Waals surface area contributed by atoms with E-state index in [0.29, 0.717) is 43.0 Å². The first-order valence-corrected chi connectivity index (χ1v) is 11.6. The van der Waals surface area contributed by atoms with Crippen LogP contribution < -0.4 is 0 Å². The highest BCUT2D eigenvalue weighted by molar-refractivity contribution is 8.18. The number of carbonyl (C=O) groups excluding carboxylic acids is 1. The molecule has 5 nitrogen and oxygen atoms in total. The van der Waals surface area contributed by atoms with E-state index >= 15 is 0 Å². The van der Waals surface area contributed by atoms with Gasteiger partial charge in [-0.2, -0.15) is 0 Å². The number of nitrogens with zero attached hydrogens (tertiary/aromatic N) is 2. The van der Waals surface area contributed by atoms with Crippen LogP contribution in [0.25, 0.3) is 17.4 Å². The average molecular weight is 495 g/mol. The third-order valence-corrected chi connectivity index (χ3v) is 6.43. The molecule has 0 aliphatic carbocycles. The van der Waals surface area contributed by atoms with Gasteiger partial charge in [-0.05, 0) is 66.4 Å². The minimum absolute atomic E-state index is 0.176. The van der Waals surface area contributed by atoms with Crippen LogP contribution in [0.5, 0.6) is 0 Å². The lowest BCUT2D eigenvalue weighted by Gasteiger charge is -2.13. The largest absolute Gasteiger partial charge is 0.467 e. The second kappa shape index (κ2) is 9.35. The molecular formula is C25H16Cl2N2O3S. The average Bonchev–Trinajstić information content (AvgIpc) is 3.55. The summed E-state index contributed by atoms with van der Waals surface area (Å²) in [4.78, 5) is 20.0. The molecule has 1 fully saturated rings. The first-order chi connectivity index (χ1) is 16.1. The van der Waals surface area contributed by atoms with Crippen molar-refractivity contribution < 1.29 is 13.6 Å². The summed E-state index contributed by atoms with van der Waals surface area (Å²) in [7, 11) is 0. The van der Waals surface area contributed by atoms with E-state index in [1.807, 2.05) is 36.4 Å². The predicted molar refractivity (Wildman–Crippen MR) is 133 cm³/mol. The van der Waals surface area contributed by atoms with Gasteiger partial charge in [-0.1, -0.05) is 41.4 Å². The molecule has 0 bridgehead atoms. The Kier molecular flexibility index (Phi) is 6.13. The molecule has 0 N–H and O–H groups in total. The van der Waals surface area contributed by atoms with Gasteiger partial charge >= 0.3 is 0 Å². The molecule has 164 valence electrons. The van der Waals surface area contributed by atoms with Gasteiger partial charge < -0.3 is 8.83 Å². The second-order valence-electron chi connectivity index (χ2n) is 7.14. The molecule has 2 aromatic heterocycles. The number of halogens is 2. The monoisotopic (exact) mass is 494 g/mol. The van der Waals surface area contributed by atoms with Crippen molar-refractivity contribution in [2.24, 2.45) is 4.99 Å². The fraction of sp³-hybridized carbons (Fsp3) is 0.0400. The van der Waals surface area contributed by atoms with Crippen molar-refractivity contribution in [3.8, 4) is 11.3 Å². The maximum absolute atomic E-state index is 13.2. The highest BCUT2D eigenvalue weighted by Gasteiger charge is 2.34. The van der Waals surface area contributed by atoms with Crippen LogP contribution in [0.1, 0.15) is 11.5 Å². The number of benzene rings is 2. The van der Waals surface area contributed by atoms with Crippen LogP contribution in [-0.4, -0.2) is 16.0 Å². The number of amides is 1. The zero-order valence-corrected chi connectivity index (χ0v) is 19.4. The summed E-state index contributed by atoms with van der Waals surface area (Å²) in [5.74, 6) is 1.58. The van der Waals surface area contributed by atoms with Crippen molar-refractivity contribution in [2.45, 2.75) is 6.54 Å². The number of aliphatic imine (C=N–C) groups is 1. The van der Waals surface area contributed by atoms with E-state index in [2.05, 4.69) is 4.99 Å². The van der Waals surface area contributed by atoms with Gasteiger partial charge in [0.15, 0.2) is 5.17 Å². The summed E-state index contributed by atoms with van der Waals surface area (Å²) < 4.78 is 11.4. The van der Waals surface area contributed by atoms with Crippen LogP contribution in [0, 0.1) is 0 Å². The molecule has 0 unspecified atom stereocenters. The molecule has 0 spiro atoms. The fourth-order valence-corrected chi connectivity index (χ4v) is 4.65. The summed E-state index contributed by atoms with van der Waals surface area (Å²) in [6, 6.07) is 21.9. The van der Waals surface area contributed by atoms with Gasteiger partial charge in [0.25, 0.3) is 5.91 Å².